The van der Waals surface area contributed by atoms with Gasteiger partial charge in [-0.15, -0.1) is 0 Å². The van der Waals surface area contributed by atoms with Crippen LogP contribution in [0.1, 0.15) is 26.2 Å². The van der Waals surface area contributed by atoms with Crippen LogP contribution >= 0.6 is 0 Å². The molecular formula is C9H13NO4. The molecule has 0 saturated carbocycles. The molecule has 0 amide bonds. The second-order valence-corrected chi connectivity index (χ2v) is 2.57. The lowest BCUT2D eigenvalue weighted by molar-refractivity contribution is -0.158. The van der Waals surface area contributed by atoms with E-state index in [0.29, 0.717) is 6.61 Å². The summed E-state index contributed by atoms with van der Waals surface area (Å²) in [4.78, 5) is 21.5. The highest BCUT2D eigenvalue weighted by Gasteiger charge is 2.07. The lowest BCUT2D eigenvalue weighted by atomic mass is 10.4. The van der Waals surface area contributed by atoms with Crippen molar-refractivity contribution in [2.24, 2.45) is 0 Å². The summed E-state index contributed by atoms with van der Waals surface area (Å²) < 4.78 is 9.15. The first-order valence-electron chi connectivity index (χ1n) is 4.39. The molecule has 0 aliphatic heterocycles. The fourth-order valence-electron chi connectivity index (χ4n) is 0.627. The van der Waals surface area contributed by atoms with Crippen LogP contribution in [0.3, 0.4) is 0 Å². The zero-order valence-corrected chi connectivity index (χ0v) is 8.12. The first-order chi connectivity index (χ1) is 6.70. The van der Waals surface area contributed by atoms with Crippen LogP contribution < -0.4 is 0 Å². The quantitative estimate of drug-likeness (QED) is 0.466. The van der Waals surface area contributed by atoms with Crippen molar-refractivity contribution in [1.82, 2.24) is 0 Å². The highest BCUT2D eigenvalue weighted by molar-refractivity contribution is 5.77. The highest BCUT2D eigenvalue weighted by Crippen LogP contribution is 1.90. The van der Waals surface area contributed by atoms with E-state index in [4.69, 9.17) is 10.00 Å². The number of nitrogens with zero attached hydrogens (tertiary/aromatic N) is 1. The van der Waals surface area contributed by atoms with Gasteiger partial charge >= 0.3 is 11.9 Å². The van der Waals surface area contributed by atoms with Crippen LogP contribution in [0.15, 0.2) is 0 Å². The van der Waals surface area contributed by atoms with Gasteiger partial charge in [-0.2, -0.15) is 5.26 Å². The van der Waals surface area contributed by atoms with Gasteiger partial charge in [-0.3, -0.25) is 4.79 Å². The second kappa shape index (κ2) is 8.05. The molecule has 0 radical (unpaired) electrons. The summed E-state index contributed by atoms with van der Waals surface area (Å²) in [7, 11) is 0. The van der Waals surface area contributed by atoms with Crippen molar-refractivity contribution in [2.75, 3.05) is 13.2 Å². The van der Waals surface area contributed by atoms with Crippen LogP contribution in [0.5, 0.6) is 0 Å². The van der Waals surface area contributed by atoms with E-state index in [9.17, 15) is 9.59 Å². The summed E-state index contributed by atoms with van der Waals surface area (Å²) in [5.74, 6) is -1.29. The molecule has 0 aromatic rings. The molecule has 0 atom stereocenters. The number of unbranched alkanes of at least 4 members (excludes halogenated alkanes) is 1. The van der Waals surface area contributed by atoms with Gasteiger partial charge in [-0.05, 0) is 6.42 Å². The minimum atomic E-state index is -0.708. The van der Waals surface area contributed by atoms with Crippen molar-refractivity contribution < 1.29 is 19.1 Å². The number of carbonyl (C=O) groups is 2. The van der Waals surface area contributed by atoms with Gasteiger partial charge in [-0.25, -0.2) is 4.79 Å². The van der Waals surface area contributed by atoms with Gasteiger partial charge in [0.15, 0.2) is 6.61 Å². The number of carbonyl (C=O) groups excluding carboxylic acids is 2. The number of nitriles is 1. The van der Waals surface area contributed by atoms with Crippen LogP contribution in [-0.2, 0) is 19.1 Å². The zero-order valence-electron chi connectivity index (χ0n) is 8.12. The summed E-state index contributed by atoms with van der Waals surface area (Å²) >= 11 is 0. The summed E-state index contributed by atoms with van der Waals surface area (Å²) in [6.45, 7) is 1.90. The zero-order chi connectivity index (χ0) is 10.8. The number of hydrogen-bond donors (Lipinski definition) is 0. The fourth-order valence-corrected chi connectivity index (χ4v) is 0.627. The number of ether oxygens (including phenoxy) is 2. The monoisotopic (exact) mass is 199 g/mol. The van der Waals surface area contributed by atoms with Crippen molar-refractivity contribution in [3.8, 4) is 6.07 Å². The molecule has 0 aliphatic rings. The highest BCUT2D eigenvalue weighted by atomic mass is 16.6. The summed E-state index contributed by atoms with van der Waals surface area (Å²) in [6.07, 6.45) is 1.38. The van der Waals surface area contributed by atoms with Crippen molar-refractivity contribution in [3.63, 3.8) is 0 Å². The Kier molecular flexibility index (Phi) is 7.15. The Bertz CT molecular complexity index is 231. The summed E-state index contributed by atoms with van der Waals surface area (Å²) in [6, 6.07) is 1.62. The smallest absolute Gasteiger partial charge is 0.344 e. The van der Waals surface area contributed by atoms with Gasteiger partial charge in [0.25, 0.3) is 0 Å². The van der Waals surface area contributed by atoms with Gasteiger partial charge in [0.2, 0.25) is 0 Å². The van der Waals surface area contributed by atoms with Crippen LogP contribution in [0.25, 0.3) is 0 Å². The molecule has 0 spiro atoms. The molecule has 0 N–H and O–H groups in total. The lowest BCUT2D eigenvalue weighted by Crippen LogP contribution is -2.16. The van der Waals surface area contributed by atoms with E-state index >= 15 is 0 Å². The Labute approximate surface area is 82.6 Å². The topological polar surface area (TPSA) is 76.4 Å². The Morgan fingerprint density at radius 3 is 2.57 bits per heavy atom. The number of hydrogen-bond acceptors (Lipinski definition) is 5. The molecule has 0 rings (SSSR count). The summed E-state index contributed by atoms with van der Waals surface area (Å²) in [5, 5.41) is 8.11. The molecule has 0 aromatic heterocycles. The number of rotatable bonds is 6. The summed E-state index contributed by atoms with van der Waals surface area (Å²) in [5.41, 5.74) is 0. The third kappa shape index (κ3) is 7.10. The van der Waals surface area contributed by atoms with Gasteiger partial charge in [0.05, 0.1) is 12.7 Å². The molecule has 0 fully saturated rings. The van der Waals surface area contributed by atoms with Crippen molar-refractivity contribution >= 4 is 11.9 Å². The van der Waals surface area contributed by atoms with E-state index in [0.717, 1.165) is 12.8 Å². The maximum absolute atomic E-state index is 10.8. The fraction of sp³-hybridized carbons (Fsp3) is 0.667. The van der Waals surface area contributed by atoms with E-state index in [1.54, 1.807) is 6.07 Å². The molecule has 0 saturated heterocycles. The molecule has 0 bridgehead atoms. The van der Waals surface area contributed by atoms with E-state index in [-0.39, 0.29) is 6.42 Å². The lowest BCUT2D eigenvalue weighted by Gasteiger charge is -2.03. The van der Waals surface area contributed by atoms with Crippen molar-refractivity contribution in [1.29, 1.82) is 5.26 Å². The predicted octanol–water partition coefficient (Wildman–Crippen LogP) is 0.787. The minimum Gasteiger partial charge on any atom is -0.463 e. The van der Waals surface area contributed by atoms with E-state index in [1.807, 2.05) is 6.92 Å². The van der Waals surface area contributed by atoms with E-state index in [1.165, 1.54) is 0 Å². The largest absolute Gasteiger partial charge is 0.463 e. The molecule has 78 valence electrons. The standard InChI is InChI=1S/C9H13NO4/c1-2-3-6-13-9(12)7-14-8(11)4-5-10/h2-4,6-7H2,1H3. The average molecular weight is 199 g/mol. The first kappa shape index (κ1) is 12.4. The normalized spacial score (nSPS) is 8.86. The van der Waals surface area contributed by atoms with Crippen molar-refractivity contribution in [2.45, 2.75) is 26.2 Å². The van der Waals surface area contributed by atoms with E-state index in [2.05, 4.69) is 4.74 Å². The Morgan fingerprint density at radius 1 is 1.29 bits per heavy atom. The van der Waals surface area contributed by atoms with Gasteiger partial charge in [0, 0.05) is 0 Å². The first-order valence-corrected chi connectivity index (χ1v) is 4.39. The molecule has 0 aliphatic carbocycles. The molecule has 0 unspecified atom stereocenters. The van der Waals surface area contributed by atoms with Gasteiger partial charge < -0.3 is 9.47 Å². The van der Waals surface area contributed by atoms with Crippen LogP contribution in [0.2, 0.25) is 0 Å². The molecule has 0 aromatic carbocycles. The maximum atomic E-state index is 10.8. The van der Waals surface area contributed by atoms with Gasteiger partial charge in [0.1, 0.15) is 6.42 Å². The Morgan fingerprint density at radius 2 is 2.00 bits per heavy atom. The maximum Gasteiger partial charge on any atom is 0.344 e. The number of esters is 2. The van der Waals surface area contributed by atoms with Crippen LogP contribution in [0, 0.1) is 11.3 Å². The molecular weight excluding hydrogens is 186 g/mol. The second-order valence-electron chi connectivity index (χ2n) is 2.57. The van der Waals surface area contributed by atoms with E-state index < -0.39 is 18.5 Å². The average Bonchev–Trinajstić information content (AvgIpc) is 2.16. The van der Waals surface area contributed by atoms with Crippen molar-refractivity contribution in [3.05, 3.63) is 0 Å². The third-order valence-electron chi connectivity index (χ3n) is 1.34. The molecule has 0 heterocycles. The van der Waals surface area contributed by atoms with Crippen LogP contribution in [0.4, 0.5) is 0 Å². The predicted molar refractivity (Wildman–Crippen MR) is 47.1 cm³/mol. The Hall–Kier alpha value is -1.57. The molecule has 5 nitrogen and oxygen atoms in total. The SMILES string of the molecule is CCCCOC(=O)COC(=O)CC#N. The molecule has 5 heteroatoms. The van der Waals surface area contributed by atoms with Gasteiger partial charge in [-0.1, -0.05) is 13.3 Å². The minimum absolute atomic E-state index is 0.338. The molecule has 14 heavy (non-hydrogen) atoms. The third-order valence-corrected chi connectivity index (χ3v) is 1.34. The van der Waals surface area contributed by atoms with Crippen LogP contribution in [-0.4, -0.2) is 25.2 Å². The Balaban J connectivity index is 3.45.